The highest BCUT2D eigenvalue weighted by Gasteiger charge is 2.47. The van der Waals surface area contributed by atoms with Gasteiger partial charge in [0.05, 0.1) is 7.11 Å². The van der Waals surface area contributed by atoms with Gasteiger partial charge in [-0.05, 0) is 80.3 Å². The van der Waals surface area contributed by atoms with E-state index in [-0.39, 0.29) is 11.8 Å². The average Bonchev–Trinajstić information content (AvgIpc) is 3.13. The van der Waals surface area contributed by atoms with Crippen LogP contribution in [0.5, 0.6) is 17.2 Å². The van der Waals surface area contributed by atoms with E-state index < -0.39 is 5.41 Å². The van der Waals surface area contributed by atoms with Crippen LogP contribution in [-0.2, 0) is 23.2 Å². The second kappa shape index (κ2) is 13.7. The molecule has 0 saturated carbocycles. The van der Waals surface area contributed by atoms with Gasteiger partial charge in [-0.3, -0.25) is 14.5 Å². The maximum atomic E-state index is 14.0. The van der Waals surface area contributed by atoms with Crippen LogP contribution >= 0.6 is 0 Å². The molecule has 248 valence electrons. The highest BCUT2D eigenvalue weighted by atomic mass is 16.5. The number of para-hydroxylation sites is 2. The van der Waals surface area contributed by atoms with Crippen LogP contribution in [0.1, 0.15) is 52.4 Å². The van der Waals surface area contributed by atoms with Crippen LogP contribution in [0.2, 0.25) is 0 Å². The van der Waals surface area contributed by atoms with Crippen molar-refractivity contribution < 1.29 is 19.1 Å². The third-order valence-electron chi connectivity index (χ3n) is 10.2. The summed E-state index contributed by atoms with van der Waals surface area (Å²) in [7, 11) is 1.66. The minimum Gasteiger partial charge on any atom is -0.497 e. The number of benzene rings is 4. The number of nitrogens with zero attached hydrogens (tertiary/aromatic N) is 3. The van der Waals surface area contributed by atoms with Crippen molar-refractivity contribution in [1.29, 1.82) is 0 Å². The Labute approximate surface area is 283 Å². The summed E-state index contributed by atoms with van der Waals surface area (Å²) in [5.74, 6) is 2.43. The summed E-state index contributed by atoms with van der Waals surface area (Å²) in [4.78, 5) is 34.4. The fourth-order valence-corrected chi connectivity index (χ4v) is 7.66. The molecule has 0 aliphatic carbocycles. The Morgan fingerprint density at radius 1 is 0.875 bits per heavy atom. The molecule has 4 aromatic rings. The highest BCUT2D eigenvalue weighted by Crippen LogP contribution is 2.50. The quantitative estimate of drug-likeness (QED) is 0.228. The molecule has 0 aromatic heterocycles. The third kappa shape index (κ3) is 6.01. The molecule has 0 bridgehead atoms. The molecule has 3 heterocycles. The van der Waals surface area contributed by atoms with Gasteiger partial charge in [-0.25, -0.2) is 0 Å². The Hall–Kier alpha value is -4.82. The molecule has 7 rings (SSSR count). The minimum atomic E-state index is -0.806. The van der Waals surface area contributed by atoms with E-state index in [1.54, 1.807) is 7.11 Å². The van der Waals surface area contributed by atoms with E-state index in [0.717, 1.165) is 96.3 Å². The van der Waals surface area contributed by atoms with E-state index in [0.29, 0.717) is 26.1 Å². The summed E-state index contributed by atoms with van der Waals surface area (Å²) in [6.45, 7) is 8.37. The number of methoxy groups -OCH3 is 1. The molecule has 2 amide bonds. The molecule has 8 heteroatoms. The number of fused-ring (bicyclic) bond motifs is 3. The van der Waals surface area contributed by atoms with Gasteiger partial charge in [-0.15, -0.1) is 0 Å². The van der Waals surface area contributed by atoms with Crippen LogP contribution in [0.15, 0.2) is 91.0 Å². The Kier molecular flexibility index (Phi) is 9.08. The first-order valence-corrected chi connectivity index (χ1v) is 17.2. The summed E-state index contributed by atoms with van der Waals surface area (Å²) >= 11 is 0. The summed E-state index contributed by atoms with van der Waals surface area (Å²) in [5.41, 5.74) is 5.18. The molecular weight excluding hydrogens is 600 g/mol. The number of hydrogen-bond donors (Lipinski definition) is 1. The molecule has 4 aromatic carbocycles. The van der Waals surface area contributed by atoms with Crippen LogP contribution in [0, 0.1) is 0 Å². The highest BCUT2D eigenvalue weighted by molar-refractivity contribution is 5.98. The zero-order valence-electron chi connectivity index (χ0n) is 27.9. The Morgan fingerprint density at radius 3 is 2.31 bits per heavy atom. The zero-order valence-corrected chi connectivity index (χ0v) is 27.9. The predicted molar refractivity (Wildman–Crippen MR) is 188 cm³/mol. The van der Waals surface area contributed by atoms with Gasteiger partial charge in [0.15, 0.2) is 0 Å². The number of anilines is 1. The number of ether oxygens (including phenoxy) is 2. The summed E-state index contributed by atoms with van der Waals surface area (Å²) < 4.78 is 11.7. The van der Waals surface area contributed by atoms with Gasteiger partial charge in [0.1, 0.15) is 22.7 Å². The monoisotopic (exact) mass is 644 g/mol. The number of likely N-dealkylation sites (N-methyl/N-ethyl adjacent to an activating group) is 1. The lowest BCUT2D eigenvalue weighted by Crippen LogP contribution is -2.49. The zero-order chi connectivity index (χ0) is 33.1. The lowest BCUT2D eigenvalue weighted by atomic mass is 9.68. The fraction of sp³-hybridized carbons (Fsp3) is 0.350. The standard InChI is InChI=1S/C40H44N4O4/c1-3-41-39(46)40(34-12-4-6-14-36(34)48-37-15-7-5-13-35(37)40)19-9-20-42-22-24-43(25-23-42)31-17-16-30-18-21-44(38(45)33(30)27-31)28-29-10-8-11-32(26-29)47-2/h4-8,10-17,26-27H,3,9,18-25,28H2,1-2H3,(H,41,46). The van der Waals surface area contributed by atoms with E-state index in [1.807, 2.05) is 84.6 Å². The number of carbonyl (C=O) groups excluding carboxylic acids is 2. The number of carbonyl (C=O) groups is 2. The van der Waals surface area contributed by atoms with Crippen molar-refractivity contribution in [3.63, 3.8) is 0 Å². The molecule has 0 atom stereocenters. The predicted octanol–water partition coefficient (Wildman–Crippen LogP) is 6.02. The summed E-state index contributed by atoms with van der Waals surface area (Å²) in [6, 6.07) is 30.3. The third-order valence-corrected chi connectivity index (χ3v) is 10.2. The molecule has 0 radical (unpaired) electrons. The lowest BCUT2D eigenvalue weighted by molar-refractivity contribution is -0.125. The molecule has 48 heavy (non-hydrogen) atoms. The van der Waals surface area contributed by atoms with Crippen molar-refractivity contribution in [1.82, 2.24) is 15.1 Å². The van der Waals surface area contributed by atoms with E-state index in [9.17, 15) is 9.59 Å². The van der Waals surface area contributed by atoms with Crippen LogP contribution in [-0.4, -0.2) is 74.5 Å². The number of hydrogen-bond acceptors (Lipinski definition) is 6. The molecule has 0 unspecified atom stereocenters. The molecule has 3 aliphatic heterocycles. The lowest BCUT2D eigenvalue weighted by Gasteiger charge is -2.40. The smallest absolute Gasteiger partial charge is 0.254 e. The number of rotatable bonds is 10. The van der Waals surface area contributed by atoms with Crippen molar-refractivity contribution in [3.8, 4) is 17.2 Å². The number of nitrogens with one attached hydrogen (secondary N) is 1. The summed E-state index contributed by atoms with van der Waals surface area (Å²) in [5, 5.41) is 3.15. The Balaban J connectivity index is 1.00. The van der Waals surface area contributed by atoms with E-state index >= 15 is 0 Å². The van der Waals surface area contributed by atoms with E-state index in [4.69, 9.17) is 9.47 Å². The van der Waals surface area contributed by atoms with Gasteiger partial charge in [-0.2, -0.15) is 0 Å². The molecule has 1 fully saturated rings. The molecule has 1 N–H and O–H groups in total. The molecular formula is C40H44N4O4. The van der Waals surface area contributed by atoms with Gasteiger partial charge in [0.25, 0.3) is 5.91 Å². The topological polar surface area (TPSA) is 74.4 Å². The maximum Gasteiger partial charge on any atom is 0.254 e. The van der Waals surface area contributed by atoms with Crippen LogP contribution in [0.25, 0.3) is 0 Å². The first-order valence-electron chi connectivity index (χ1n) is 17.2. The first-order chi connectivity index (χ1) is 23.5. The second-order valence-electron chi connectivity index (χ2n) is 13.0. The SMILES string of the molecule is CCNC(=O)C1(CCCN2CCN(c3ccc4c(c3)C(=O)N(Cc3cccc(OC)c3)CC4)CC2)c2ccccc2Oc2ccccc21. The van der Waals surface area contributed by atoms with Crippen LogP contribution < -0.4 is 19.7 Å². The van der Waals surface area contributed by atoms with E-state index in [1.165, 1.54) is 0 Å². The van der Waals surface area contributed by atoms with Crippen molar-refractivity contribution in [3.05, 3.63) is 119 Å². The summed E-state index contributed by atoms with van der Waals surface area (Å²) in [6.07, 6.45) is 2.42. The number of amides is 2. The van der Waals surface area contributed by atoms with Gasteiger partial charge < -0.3 is 24.6 Å². The molecule has 8 nitrogen and oxygen atoms in total. The fourth-order valence-electron chi connectivity index (χ4n) is 7.66. The van der Waals surface area contributed by atoms with Gasteiger partial charge in [0.2, 0.25) is 5.91 Å². The normalized spacial score (nSPS) is 16.8. The maximum absolute atomic E-state index is 14.0. The second-order valence-corrected chi connectivity index (χ2v) is 13.0. The van der Waals surface area contributed by atoms with E-state index in [2.05, 4.69) is 33.3 Å². The molecule has 1 saturated heterocycles. The van der Waals surface area contributed by atoms with Crippen molar-refractivity contribution in [2.75, 3.05) is 57.8 Å². The van der Waals surface area contributed by atoms with Crippen molar-refractivity contribution >= 4 is 17.5 Å². The van der Waals surface area contributed by atoms with Gasteiger partial charge >= 0.3 is 0 Å². The Bertz CT molecular complexity index is 1750. The van der Waals surface area contributed by atoms with Gasteiger partial charge in [-0.1, -0.05) is 54.6 Å². The minimum absolute atomic E-state index is 0.0297. The molecule has 3 aliphatic rings. The van der Waals surface area contributed by atoms with Crippen LogP contribution in [0.3, 0.4) is 0 Å². The van der Waals surface area contributed by atoms with Gasteiger partial charge in [0, 0.05) is 68.2 Å². The van der Waals surface area contributed by atoms with Crippen molar-refractivity contribution in [2.45, 2.75) is 38.1 Å². The number of piperazine rings is 1. The molecule has 0 spiro atoms. The largest absolute Gasteiger partial charge is 0.497 e. The van der Waals surface area contributed by atoms with Crippen LogP contribution in [0.4, 0.5) is 5.69 Å². The Morgan fingerprint density at radius 2 is 1.60 bits per heavy atom. The van der Waals surface area contributed by atoms with Crippen molar-refractivity contribution in [2.24, 2.45) is 0 Å². The average molecular weight is 645 g/mol. The first kappa shape index (κ1) is 31.8.